The predicted octanol–water partition coefficient (Wildman–Crippen LogP) is 2.13. The summed E-state index contributed by atoms with van der Waals surface area (Å²) in [5.41, 5.74) is 6.48. The van der Waals surface area contributed by atoms with Gasteiger partial charge in [0.05, 0.1) is 4.90 Å². The van der Waals surface area contributed by atoms with Gasteiger partial charge in [0, 0.05) is 13.1 Å². The first-order chi connectivity index (χ1) is 8.08. The van der Waals surface area contributed by atoms with Gasteiger partial charge >= 0.3 is 0 Å². The fourth-order valence-corrected chi connectivity index (χ4v) is 2.13. The van der Waals surface area contributed by atoms with Crippen molar-refractivity contribution in [3.05, 3.63) is 35.9 Å². The number of hydrogen-bond donors (Lipinski definition) is 1. The van der Waals surface area contributed by atoms with E-state index in [1.165, 1.54) is 24.2 Å². The van der Waals surface area contributed by atoms with Gasteiger partial charge in [-0.2, -0.15) is 5.10 Å². The Labute approximate surface area is 103 Å². The van der Waals surface area contributed by atoms with Gasteiger partial charge in [-0.15, -0.1) is 0 Å². The van der Waals surface area contributed by atoms with Crippen LogP contribution in [-0.4, -0.2) is 14.8 Å². The van der Waals surface area contributed by atoms with Gasteiger partial charge in [-0.1, -0.05) is 6.07 Å². The van der Waals surface area contributed by atoms with E-state index < -0.39 is 0 Å². The van der Waals surface area contributed by atoms with Crippen molar-refractivity contribution in [2.24, 2.45) is 12.8 Å². The third kappa shape index (κ3) is 2.65. The summed E-state index contributed by atoms with van der Waals surface area (Å²) in [5.74, 6) is -0.284. The van der Waals surface area contributed by atoms with E-state index in [4.69, 9.17) is 5.73 Å². The molecular weight excluding hydrogens is 239 g/mol. The molecule has 17 heavy (non-hydrogen) atoms. The van der Waals surface area contributed by atoms with E-state index in [9.17, 15) is 4.39 Å². The van der Waals surface area contributed by atoms with Gasteiger partial charge in [0.25, 0.3) is 0 Å². The quantitative estimate of drug-likeness (QED) is 0.909. The van der Waals surface area contributed by atoms with Crippen LogP contribution in [0, 0.1) is 5.82 Å². The summed E-state index contributed by atoms with van der Waals surface area (Å²) in [6.45, 7) is 1.82. The van der Waals surface area contributed by atoms with E-state index >= 15 is 0 Å². The monoisotopic (exact) mass is 252 g/mol. The summed E-state index contributed by atoms with van der Waals surface area (Å²) in [4.78, 5) is 4.55. The van der Waals surface area contributed by atoms with Gasteiger partial charge in [-0.05, 0) is 36.4 Å². The van der Waals surface area contributed by atoms with E-state index in [-0.39, 0.29) is 11.9 Å². The Morgan fingerprint density at radius 3 is 2.76 bits per heavy atom. The zero-order valence-corrected chi connectivity index (χ0v) is 10.4. The van der Waals surface area contributed by atoms with Crippen LogP contribution in [0.25, 0.3) is 0 Å². The molecule has 0 aliphatic carbocycles. The highest BCUT2D eigenvalue weighted by molar-refractivity contribution is 7.99. The Kier molecular flexibility index (Phi) is 3.44. The second-order valence-corrected chi connectivity index (χ2v) is 4.76. The average Bonchev–Trinajstić information content (AvgIpc) is 2.67. The zero-order chi connectivity index (χ0) is 12.4. The van der Waals surface area contributed by atoms with Crippen molar-refractivity contribution < 1.29 is 4.39 Å². The Hall–Kier alpha value is -1.40. The van der Waals surface area contributed by atoms with Crippen LogP contribution in [0.5, 0.6) is 0 Å². The Morgan fingerprint density at radius 1 is 1.47 bits per heavy atom. The molecule has 4 nitrogen and oxygen atoms in total. The highest BCUT2D eigenvalue weighted by Crippen LogP contribution is 2.29. The second-order valence-electron chi connectivity index (χ2n) is 3.75. The van der Waals surface area contributed by atoms with E-state index in [2.05, 4.69) is 10.1 Å². The van der Waals surface area contributed by atoms with E-state index in [1.807, 2.05) is 13.0 Å². The number of aryl methyl sites for hydroxylation is 1. The SMILES string of the molecule is CC(N)c1ccc(Sc2ncnn2C)c(F)c1. The minimum Gasteiger partial charge on any atom is -0.324 e. The predicted molar refractivity (Wildman–Crippen MR) is 64.1 cm³/mol. The summed E-state index contributed by atoms with van der Waals surface area (Å²) in [6, 6.07) is 4.83. The molecule has 2 aromatic rings. The molecule has 90 valence electrons. The average molecular weight is 252 g/mol. The van der Waals surface area contributed by atoms with E-state index in [0.29, 0.717) is 10.1 Å². The molecule has 0 aliphatic heterocycles. The maximum Gasteiger partial charge on any atom is 0.190 e. The van der Waals surface area contributed by atoms with Gasteiger partial charge in [-0.3, -0.25) is 0 Å². The minimum atomic E-state index is -0.284. The standard InChI is InChI=1S/C11H13FN4S/c1-7(13)8-3-4-10(9(12)5-8)17-11-14-6-15-16(11)2/h3-7H,13H2,1-2H3. The Balaban J connectivity index is 2.26. The van der Waals surface area contributed by atoms with Gasteiger partial charge < -0.3 is 5.73 Å². The first-order valence-electron chi connectivity index (χ1n) is 5.15. The molecule has 0 aliphatic rings. The number of halogens is 1. The number of nitrogens with zero attached hydrogens (tertiary/aromatic N) is 3. The van der Waals surface area contributed by atoms with Crippen LogP contribution in [0.15, 0.2) is 34.6 Å². The van der Waals surface area contributed by atoms with Gasteiger partial charge in [0.15, 0.2) is 5.16 Å². The van der Waals surface area contributed by atoms with E-state index in [1.54, 1.807) is 17.8 Å². The lowest BCUT2D eigenvalue weighted by Gasteiger charge is -2.08. The molecule has 1 unspecified atom stereocenters. The fourth-order valence-electron chi connectivity index (χ4n) is 1.36. The smallest absolute Gasteiger partial charge is 0.190 e. The van der Waals surface area contributed by atoms with Crippen LogP contribution in [0.3, 0.4) is 0 Å². The molecule has 1 atom stereocenters. The summed E-state index contributed by atoms with van der Waals surface area (Å²) >= 11 is 1.24. The summed E-state index contributed by atoms with van der Waals surface area (Å²) in [6.07, 6.45) is 1.44. The molecule has 0 fully saturated rings. The van der Waals surface area contributed by atoms with Crippen LogP contribution in [0.4, 0.5) is 4.39 Å². The summed E-state index contributed by atoms with van der Waals surface area (Å²) < 4.78 is 15.4. The molecule has 2 N–H and O–H groups in total. The van der Waals surface area contributed by atoms with Crippen LogP contribution >= 0.6 is 11.8 Å². The number of rotatable bonds is 3. The van der Waals surface area contributed by atoms with Crippen LogP contribution in [0.2, 0.25) is 0 Å². The molecule has 1 aromatic carbocycles. The lowest BCUT2D eigenvalue weighted by atomic mass is 10.1. The molecule has 0 amide bonds. The topological polar surface area (TPSA) is 56.7 Å². The molecule has 6 heteroatoms. The maximum absolute atomic E-state index is 13.8. The Morgan fingerprint density at radius 2 is 2.24 bits per heavy atom. The Bertz CT molecular complexity index is 524. The van der Waals surface area contributed by atoms with Crippen molar-refractivity contribution in [3.63, 3.8) is 0 Å². The fraction of sp³-hybridized carbons (Fsp3) is 0.273. The highest BCUT2D eigenvalue weighted by Gasteiger charge is 2.10. The highest BCUT2D eigenvalue weighted by atomic mass is 32.2. The number of hydrogen-bond acceptors (Lipinski definition) is 4. The maximum atomic E-state index is 13.8. The molecular formula is C11H13FN4S. The van der Waals surface area contributed by atoms with Gasteiger partial charge in [-0.25, -0.2) is 14.1 Å². The number of nitrogens with two attached hydrogens (primary N) is 1. The van der Waals surface area contributed by atoms with Crippen molar-refractivity contribution in [2.75, 3.05) is 0 Å². The third-order valence-electron chi connectivity index (χ3n) is 2.35. The minimum absolute atomic E-state index is 0.168. The number of benzene rings is 1. The van der Waals surface area contributed by atoms with Crippen LogP contribution in [0.1, 0.15) is 18.5 Å². The summed E-state index contributed by atoms with van der Waals surface area (Å²) in [7, 11) is 1.77. The molecule has 1 aromatic heterocycles. The lowest BCUT2D eigenvalue weighted by Crippen LogP contribution is -2.05. The molecule has 0 bridgehead atoms. The van der Waals surface area contributed by atoms with Crippen molar-refractivity contribution in [2.45, 2.75) is 23.0 Å². The van der Waals surface area contributed by atoms with Crippen LogP contribution < -0.4 is 5.73 Å². The normalized spacial score (nSPS) is 12.7. The van der Waals surface area contributed by atoms with Crippen molar-refractivity contribution in [1.82, 2.24) is 14.8 Å². The molecule has 0 saturated heterocycles. The van der Waals surface area contributed by atoms with Crippen molar-refractivity contribution >= 4 is 11.8 Å². The number of aromatic nitrogens is 3. The van der Waals surface area contributed by atoms with Crippen molar-refractivity contribution in [1.29, 1.82) is 0 Å². The molecule has 1 heterocycles. The largest absolute Gasteiger partial charge is 0.324 e. The molecule has 2 rings (SSSR count). The molecule has 0 spiro atoms. The van der Waals surface area contributed by atoms with E-state index in [0.717, 1.165) is 5.56 Å². The molecule has 0 saturated carbocycles. The third-order valence-corrected chi connectivity index (χ3v) is 3.46. The van der Waals surface area contributed by atoms with Crippen molar-refractivity contribution in [3.8, 4) is 0 Å². The van der Waals surface area contributed by atoms with Gasteiger partial charge in [0.1, 0.15) is 12.1 Å². The van der Waals surface area contributed by atoms with Gasteiger partial charge in [0.2, 0.25) is 0 Å². The second kappa shape index (κ2) is 4.85. The van der Waals surface area contributed by atoms with Crippen LogP contribution in [-0.2, 0) is 7.05 Å². The molecule has 0 radical (unpaired) electrons. The summed E-state index contributed by atoms with van der Waals surface area (Å²) in [5, 5.41) is 4.58. The lowest BCUT2D eigenvalue weighted by molar-refractivity contribution is 0.595. The first kappa shape index (κ1) is 12.1. The zero-order valence-electron chi connectivity index (χ0n) is 9.59. The first-order valence-corrected chi connectivity index (χ1v) is 5.96.